The number of hydrazone groups is 1. The van der Waals surface area contributed by atoms with Gasteiger partial charge in [-0.05, 0) is 56.3 Å². The fraction of sp³-hybridized carbons (Fsp3) is 0.192. The van der Waals surface area contributed by atoms with Crippen LogP contribution in [0.1, 0.15) is 25.0 Å². The van der Waals surface area contributed by atoms with Crippen molar-refractivity contribution in [3.63, 3.8) is 0 Å². The Morgan fingerprint density at radius 1 is 1.06 bits per heavy atom. The van der Waals surface area contributed by atoms with Gasteiger partial charge >= 0.3 is 5.97 Å². The van der Waals surface area contributed by atoms with Gasteiger partial charge in [0.2, 0.25) is 11.7 Å². The van der Waals surface area contributed by atoms with E-state index in [-0.39, 0.29) is 18.3 Å². The number of ether oxygens (including phenoxy) is 1. The van der Waals surface area contributed by atoms with Gasteiger partial charge in [-0.15, -0.1) is 5.10 Å². The number of anilines is 2. The molecule has 2 atom stereocenters. The number of benzene rings is 3. The van der Waals surface area contributed by atoms with Crippen LogP contribution in [0, 0.1) is 0 Å². The molecule has 0 aliphatic carbocycles. The Kier molecular flexibility index (Phi) is 5.91. The van der Waals surface area contributed by atoms with Crippen LogP contribution in [0.5, 0.6) is 0 Å². The van der Waals surface area contributed by atoms with Crippen LogP contribution in [0.25, 0.3) is 0 Å². The molecule has 2 aliphatic rings. The van der Waals surface area contributed by atoms with Crippen LogP contribution in [0.2, 0.25) is 10.0 Å². The number of carbonyl (C=O) groups is 2. The zero-order valence-corrected chi connectivity index (χ0v) is 20.5. The summed E-state index contributed by atoms with van der Waals surface area (Å²) in [6.45, 7) is 3.62. The van der Waals surface area contributed by atoms with Crippen molar-refractivity contribution in [3.8, 4) is 0 Å². The summed E-state index contributed by atoms with van der Waals surface area (Å²) in [6, 6.07) is 21.2. The maximum absolute atomic E-state index is 13.4. The highest BCUT2D eigenvalue weighted by atomic mass is 35.5. The molecule has 0 unspecified atom stereocenters. The van der Waals surface area contributed by atoms with E-state index >= 15 is 0 Å². The Labute approximate surface area is 212 Å². The molecule has 1 N–H and O–H groups in total. The van der Waals surface area contributed by atoms with Crippen LogP contribution in [0.3, 0.4) is 0 Å². The first-order chi connectivity index (χ1) is 16.9. The molecule has 178 valence electrons. The summed E-state index contributed by atoms with van der Waals surface area (Å²) in [5.74, 6) is -0.906. The van der Waals surface area contributed by atoms with Crippen LogP contribution in [-0.4, -0.2) is 35.3 Å². The summed E-state index contributed by atoms with van der Waals surface area (Å²) >= 11 is 12.7. The molecule has 2 heterocycles. The lowest BCUT2D eigenvalue weighted by molar-refractivity contribution is -0.136. The molecule has 1 amide bonds. The van der Waals surface area contributed by atoms with Crippen LogP contribution in [-0.2, 0) is 20.0 Å². The number of nitrogens with zero attached hydrogens (tertiary/aromatic N) is 3. The van der Waals surface area contributed by atoms with E-state index < -0.39 is 17.7 Å². The standard InChI is InChI=1S/C26H22Cl2N4O3/c1-3-35-25(34)23-30-32(20-12-9-18(27)10-13-20)26(17-7-5-4-6-8-17)21-15-19(28)11-14-22(21)29-24(33)16(2)31(23)26/h4-16H,3H2,1-2H3,(H,29,33)/t16-,26+/m0/s1. The summed E-state index contributed by atoms with van der Waals surface area (Å²) in [5.41, 5.74) is 1.43. The highest BCUT2D eigenvalue weighted by molar-refractivity contribution is 6.37. The van der Waals surface area contributed by atoms with Crippen molar-refractivity contribution in [1.29, 1.82) is 0 Å². The molecule has 7 nitrogen and oxygen atoms in total. The van der Waals surface area contributed by atoms with Gasteiger partial charge in [0.05, 0.1) is 12.3 Å². The van der Waals surface area contributed by atoms with E-state index in [2.05, 4.69) is 5.32 Å². The van der Waals surface area contributed by atoms with Crippen molar-refractivity contribution in [2.45, 2.75) is 25.6 Å². The topological polar surface area (TPSA) is 74.2 Å². The maximum Gasteiger partial charge on any atom is 0.376 e. The van der Waals surface area contributed by atoms with E-state index in [1.54, 1.807) is 54.1 Å². The number of esters is 1. The molecule has 35 heavy (non-hydrogen) atoms. The molecule has 9 heteroatoms. The first kappa shape index (κ1) is 23.2. The predicted molar refractivity (Wildman–Crippen MR) is 137 cm³/mol. The lowest BCUT2D eigenvalue weighted by Gasteiger charge is -2.45. The van der Waals surface area contributed by atoms with Gasteiger partial charge < -0.3 is 15.0 Å². The smallest absolute Gasteiger partial charge is 0.376 e. The van der Waals surface area contributed by atoms with Crippen molar-refractivity contribution in [1.82, 2.24) is 4.90 Å². The van der Waals surface area contributed by atoms with Gasteiger partial charge in [0.25, 0.3) is 0 Å². The summed E-state index contributed by atoms with van der Waals surface area (Å²) in [7, 11) is 0. The third-order valence-electron chi connectivity index (χ3n) is 6.17. The largest absolute Gasteiger partial charge is 0.460 e. The number of hydrogen-bond donors (Lipinski definition) is 1. The number of amides is 1. The molecule has 0 saturated carbocycles. The normalized spacial score (nSPS) is 21.0. The molecule has 5 rings (SSSR count). The van der Waals surface area contributed by atoms with Crippen LogP contribution in [0.15, 0.2) is 77.9 Å². The van der Waals surface area contributed by atoms with Gasteiger partial charge in [-0.2, -0.15) is 0 Å². The molecule has 0 radical (unpaired) electrons. The van der Waals surface area contributed by atoms with E-state index in [1.807, 2.05) is 42.5 Å². The van der Waals surface area contributed by atoms with Crippen molar-refractivity contribution in [2.24, 2.45) is 5.10 Å². The maximum atomic E-state index is 13.4. The second-order valence-corrected chi connectivity index (χ2v) is 9.07. The Balaban J connectivity index is 1.91. The minimum absolute atomic E-state index is 0.0149. The van der Waals surface area contributed by atoms with Crippen molar-refractivity contribution in [3.05, 3.63) is 94.0 Å². The van der Waals surface area contributed by atoms with E-state index in [9.17, 15) is 9.59 Å². The Hall–Kier alpha value is -3.55. The highest BCUT2D eigenvalue weighted by Crippen LogP contribution is 2.51. The molecule has 3 aromatic rings. The SMILES string of the molecule is CCOC(=O)C1=NN(c2ccc(Cl)cc2)[C@]2(c3ccccc3)c3cc(Cl)ccc3NC(=O)[C@H](C)N12. The van der Waals surface area contributed by atoms with Gasteiger partial charge in [0.1, 0.15) is 6.04 Å². The number of amidine groups is 1. The van der Waals surface area contributed by atoms with E-state index in [1.165, 1.54) is 0 Å². The fourth-order valence-corrected chi connectivity index (χ4v) is 4.99. The van der Waals surface area contributed by atoms with Gasteiger partial charge in [0.15, 0.2) is 5.66 Å². The molecule has 0 saturated heterocycles. The van der Waals surface area contributed by atoms with E-state index in [0.717, 1.165) is 5.56 Å². The second kappa shape index (κ2) is 8.91. The van der Waals surface area contributed by atoms with Crippen molar-refractivity contribution in [2.75, 3.05) is 16.9 Å². The molecule has 0 aromatic heterocycles. The molecule has 3 aromatic carbocycles. The average Bonchev–Trinajstić information content (AvgIpc) is 3.18. The van der Waals surface area contributed by atoms with Crippen LogP contribution < -0.4 is 10.3 Å². The lowest BCUT2D eigenvalue weighted by Crippen LogP contribution is -2.59. The number of rotatable bonds is 4. The quantitative estimate of drug-likeness (QED) is 0.488. The minimum atomic E-state index is -1.24. The van der Waals surface area contributed by atoms with Crippen LogP contribution in [0.4, 0.5) is 11.4 Å². The van der Waals surface area contributed by atoms with Gasteiger partial charge in [-0.1, -0.05) is 53.5 Å². The number of halogens is 2. The van der Waals surface area contributed by atoms with Gasteiger partial charge in [-0.25, -0.2) is 9.80 Å². The molecule has 0 spiro atoms. The molecular weight excluding hydrogens is 487 g/mol. The third kappa shape index (κ3) is 3.63. The fourth-order valence-electron chi connectivity index (χ4n) is 4.70. The summed E-state index contributed by atoms with van der Waals surface area (Å²) in [6.07, 6.45) is 0. The average molecular weight is 509 g/mol. The van der Waals surface area contributed by atoms with Crippen LogP contribution >= 0.6 is 23.2 Å². The predicted octanol–water partition coefficient (Wildman–Crippen LogP) is 5.23. The number of hydrogen-bond acceptors (Lipinski definition) is 6. The summed E-state index contributed by atoms with van der Waals surface area (Å²) < 4.78 is 5.38. The number of nitrogens with one attached hydrogen (secondary N) is 1. The van der Waals surface area contributed by atoms with Gasteiger partial charge in [-0.3, -0.25) is 4.79 Å². The lowest BCUT2D eigenvalue weighted by atomic mass is 9.86. The molecule has 0 fully saturated rings. The summed E-state index contributed by atoms with van der Waals surface area (Å²) in [5, 5.41) is 10.6. The Bertz CT molecular complexity index is 1330. The van der Waals surface area contributed by atoms with Crippen molar-refractivity contribution < 1.29 is 14.3 Å². The third-order valence-corrected chi connectivity index (χ3v) is 6.65. The minimum Gasteiger partial charge on any atom is -0.460 e. The zero-order valence-electron chi connectivity index (χ0n) is 19.0. The Morgan fingerprint density at radius 3 is 2.43 bits per heavy atom. The zero-order chi connectivity index (χ0) is 24.7. The van der Waals surface area contributed by atoms with E-state index in [4.69, 9.17) is 33.0 Å². The molecular formula is C26H22Cl2N4O3. The number of fused-ring (bicyclic) bond motifs is 3. The number of carbonyl (C=O) groups excluding carboxylic acids is 2. The molecule has 2 aliphatic heterocycles. The first-order valence-corrected chi connectivity index (χ1v) is 11.9. The highest BCUT2D eigenvalue weighted by Gasteiger charge is 2.59. The Morgan fingerprint density at radius 2 is 1.74 bits per heavy atom. The first-order valence-electron chi connectivity index (χ1n) is 11.1. The van der Waals surface area contributed by atoms with Gasteiger partial charge in [0, 0.05) is 26.9 Å². The monoisotopic (exact) mass is 508 g/mol. The summed E-state index contributed by atoms with van der Waals surface area (Å²) in [4.78, 5) is 28.3. The second-order valence-electron chi connectivity index (χ2n) is 8.20. The molecule has 0 bridgehead atoms. The van der Waals surface area contributed by atoms with Crippen molar-refractivity contribution >= 4 is 52.3 Å². The van der Waals surface area contributed by atoms with E-state index in [0.29, 0.717) is 27.0 Å².